The zero-order chi connectivity index (χ0) is 19.1. The molecule has 0 bridgehead atoms. The van der Waals surface area contributed by atoms with Crippen LogP contribution in [-0.2, 0) is 14.3 Å². The van der Waals surface area contributed by atoms with Gasteiger partial charge < -0.3 is 14.6 Å². The van der Waals surface area contributed by atoms with Gasteiger partial charge in [0.25, 0.3) is 0 Å². The summed E-state index contributed by atoms with van der Waals surface area (Å²) in [6.07, 6.45) is 10.3. The first-order valence-corrected chi connectivity index (χ1v) is 11.0. The Morgan fingerprint density at radius 3 is 2.48 bits per heavy atom. The zero-order valence-corrected chi connectivity index (χ0v) is 17.1. The first-order valence-electron chi connectivity index (χ1n) is 11.0. The number of carbonyl (C=O) groups is 1. The van der Waals surface area contributed by atoms with Gasteiger partial charge in [-0.1, -0.05) is 25.5 Å². The monoisotopic (exact) mass is 374 g/mol. The van der Waals surface area contributed by atoms with Gasteiger partial charge in [-0.05, 0) is 68.6 Å². The number of rotatable bonds is 1. The highest BCUT2D eigenvalue weighted by atomic mass is 16.7. The third kappa shape index (κ3) is 2.24. The van der Waals surface area contributed by atoms with Crippen molar-refractivity contribution in [2.45, 2.75) is 83.5 Å². The van der Waals surface area contributed by atoms with E-state index in [1.165, 1.54) is 0 Å². The Hall–Kier alpha value is -0.710. The minimum Gasteiger partial charge on any atom is -0.382 e. The first-order chi connectivity index (χ1) is 12.7. The average Bonchev–Trinajstić information content (AvgIpc) is 3.19. The van der Waals surface area contributed by atoms with E-state index in [9.17, 15) is 9.90 Å². The molecule has 0 radical (unpaired) electrons. The Bertz CT molecular complexity index is 692. The van der Waals surface area contributed by atoms with Gasteiger partial charge in [0, 0.05) is 18.3 Å². The zero-order valence-electron chi connectivity index (χ0n) is 17.1. The van der Waals surface area contributed by atoms with E-state index < -0.39 is 5.60 Å². The summed E-state index contributed by atoms with van der Waals surface area (Å²) in [6, 6.07) is 0. The second-order valence-corrected chi connectivity index (χ2v) is 10.5. The van der Waals surface area contributed by atoms with Crippen LogP contribution in [0.1, 0.15) is 72.1 Å². The summed E-state index contributed by atoms with van der Waals surface area (Å²) >= 11 is 0. The van der Waals surface area contributed by atoms with E-state index in [1.807, 2.05) is 0 Å². The van der Waals surface area contributed by atoms with Gasteiger partial charge in [-0.15, -0.1) is 0 Å². The van der Waals surface area contributed by atoms with E-state index in [4.69, 9.17) is 9.47 Å². The molecular formula is C23H34O4. The third-order valence-corrected chi connectivity index (χ3v) is 9.66. The average molecular weight is 375 g/mol. The maximum absolute atomic E-state index is 12.3. The third-order valence-electron chi connectivity index (χ3n) is 9.66. The van der Waals surface area contributed by atoms with Gasteiger partial charge in [0.2, 0.25) is 0 Å². The van der Waals surface area contributed by atoms with Crippen LogP contribution in [0.5, 0.6) is 0 Å². The maximum atomic E-state index is 12.3. The number of carbonyl (C=O) groups excluding carboxylic acids is 1. The smallest absolute Gasteiger partial charge is 0.172 e. The molecule has 1 heterocycles. The lowest BCUT2D eigenvalue weighted by atomic mass is 9.46. The van der Waals surface area contributed by atoms with Crippen molar-refractivity contribution in [3.8, 4) is 0 Å². The molecule has 4 aliphatic carbocycles. The van der Waals surface area contributed by atoms with Crippen molar-refractivity contribution in [3.63, 3.8) is 0 Å². The van der Waals surface area contributed by atoms with Gasteiger partial charge >= 0.3 is 0 Å². The molecule has 3 saturated carbocycles. The molecule has 0 unspecified atom stereocenters. The first kappa shape index (κ1) is 18.3. The maximum Gasteiger partial charge on any atom is 0.172 e. The minimum absolute atomic E-state index is 0.0284. The number of ketones is 1. The van der Waals surface area contributed by atoms with Crippen molar-refractivity contribution in [2.24, 2.45) is 28.6 Å². The molecule has 4 heteroatoms. The van der Waals surface area contributed by atoms with E-state index in [0.717, 1.165) is 58.2 Å². The summed E-state index contributed by atoms with van der Waals surface area (Å²) in [5.41, 5.74) is 0.396. The van der Waals surface area contributed by atoms with Crippen LogP contribution in [0.25, 0.3) is 0 Å². The van der Waals surface area contributed by atoms with Crippen LogP contribution in [0.2, 0.25) is 0 Å². The minimum atomic E-state index is -1.12. The fourth-order valence-electron chi connectivity index (χ4n) is 7.94. The van der Waals surface area contributed by atoms with Gasteiger partial charge in [-0.25, -0.2) is 0 Å². The summed E-state index contributed by atoms with van der Waals surface area (Å²) in [6.45, 7) is 7.69. The molecule has 5 rings (SSSR count). The van der Waals surface area contributed by atoms with Crippen molar-refractivity contribution < 1.29 is 19.4 Å². The molecule has 4 nitrogen and oxygen atoms in total. The molecule has 1 aliphatic heterocycles. The molecule has 27 heavy (non-hydrogen) atoms. The molecule has 1 spiro atoms. The predicted molar refractivity (Wildman–Crippen MR) is 102 cm³/mol. The molecule has 6 atom stereocenters. The van der Waals surface area contributed by atoms with E-state index in [0.29, 0.717) is 24.2 Å². The number of Topliss-reactive ketones (excluding diaryl/α,β-unsaturated/α-hetero) is 1. The molecule has 0 aromatic heterocycles. The van der Waals surface area contributed by atoms with E-state index in [-0.39, 0.29) is 22.4 Å². The lowest BCUT2D eigenvalue weighted by Gasteiger charge is -2.59. The number of hydrogen-bond acceptors (Lipinski definition) is 4. The molecule has 1 N–H and O–H groups in total. The Morgan fingerprint density at radius 1 is 1.07 bits per heavy atom. The molecule has 1 saturated heterocycles. The van der Waals surface area contributed by atoms with Crippen molar-refractivity contribution in [1.82, 2.24) is 0 Å². The van der Waals surface area contributed by atoms with Gasteiger partial charge in [0.15, 0.2) is 11.6 Å². The standard InChI is InChI=1S/C23H34O4/c1-15(24)23(25)9-7-19-17-5-4-16-14-22(26-12-13-27-22)11-10-20(16,2)18(17)6-8-21(19,23)3/h4,17-19,25H,5-14H2,1-3H3/t17-,18+,19+,20+,21-,23+/m0/s1. The van der Waals surface area contributed by atoms with Crippen LogP contribution in [0.4, 0.5) is 0 Å². The number of hydrogen-bond donors (Lipinski definition) is 1. The summed E-state index contributed by atoms with van der Waals surface area (Å²) < 4.78 is 12.0. The number of ether oxygens (including phenoxy) is 2. The van der Waals surface area contributed by atoms with Crippen molar-refractivity contribution in [1.29, 1.82) is 0 Å². The Morgan fingerprint density at radius 2 is 1.78 bits per heavy atom. The van der Waals surface area contributed by atoms with Crippen LogP contribution in [0.15, 0.2) is 11.6 Å². The normalized spacial score (nSPS) is 50.7. The summed E-state index contributed by atoms with van der Waals surface area (Å²) in [7, 11) is 0. The Balaban J connectivity index is 1.46. The number of allylic oxidation sites excluding steroid dienone is 1. The van der Waals surface area contributed by atoms with Gasteiger partial charge in [0.05, 0.1) is 13.2 Å². The van der Waals surface area contributed by atoms with Crippen LogP contribution in [0, 0.1) is 28.6 Å². The van der Waals surface area contributed by atoms with Crippen molar-refractivity contribution >= 4 is 5.78 Å². The Kier molecular flexibility index (Phi) is 3.85. The van der Waals surface area contributed by atoms with E-state index >= 15 is 0 Å². The van der Waals surface area contributed by atoms with Crippen LogP contribution >= 0.6 is 0 Å². The van der Waals surface area contributed by atoms with Crippen molar-refractivity contribution in [2.75, 3.05) is 13.2 Å². The van der Waals surface area contributed by atoms with Gasteiger partial charge in [-0.3, -0.25) is 4.79 Å². The topological polar surface area (TPSA) is 55.8 Å². The second-order valence-electron chi connectivity index (χ2n) is 10.5. The molecule has 5 aliphatic rings. The molecule has 4 fully saturated rings. The molecule has 0 amide bonds. The van der Waals surface area contributed by atoms with Crippen LogP contribution in [0.3, 0.4) is 0 Å². The fourth-order valence-corrected chi connectivity index (χ4v) is 7.94. The van der Waals surface area contributed by atoms with Crippen molar-refractivity contribution in [3.05, 3.63) is 11.6 Å². The highest BCUT2D eigenvalue weighted by Gasteiger charge is 2.65. The lowest BCUT2D eigenvalue weighted by molar-refractivity contribution is -0.188. The van der Waals surface area contributed by atoms with Gasteiger partial charge in [-0.2, -0.15) is 0 Å². The lowest BCUT2D eigenvalue weighted by Crippen LogP contribution is -2.57. The second kappa shape index (κ2) is 5.67. The Labute approximate surface area is 162 Å². The SMILES string of the molecule is CC(=O)[C@]1(O)CC[C@@H]2[C@H]3CC=C4CC5(CC[C@@]4(C)[C@@H]3CC[C@@]21C)OCCO5. The van der Waals surface area contributed by atoms with E-state index in [1.54, 1.807) is 12.5 Å². The largest absolute Gasteiger partial charge is 0.382 e. The summed E-state index contributed by atoms with van der Waals surface area (Å²) in [4.78, 5) is 12.3. The highest BCUT2D eigenvalue weighted by molar-refractivity contribution is 5.86. The van der Waals surface area contributed by atoms with Gasteiger partial charge in [0.1, 0.15) is 5.60 Å². The molecular weight excluding hydrogens is 340 g/mol. The molecule has 150 valence electrons. The molecule has 0 aromatic rings. The number of fused-ring (bicyclic) bond motifs is 5. The van der Waals surface area contributed by atoms with Crippen LogP contribution in [-0.4, -0.2) is 35.5 Å². The number of aliphatic hydroxyl groups is 1. The summed E-state index contributed by atoms with van der Waals surface area (Å²) in [5, 5.41) is 11.3. The summed E-state index contributed by atoms with van der Waals surface area (Å²) in [5.74, 6) is 1.31. The molecule has 0 aromatic carbocycles. The van der Waals surface area contributed by atoms with Crippen LogP contribution < -0.4 is 0 Å². The van der Waals surface area contributed by atoms with E-state index in [2.05, 4.69) is 19.9 Å². The highest BCUT2D eigenvalue weighted by Crippen LogP contribution is 2.68. The fraction of sp³-hybridized carbons (Fsp3) is 0.870. The predicted octanol–water partition coefficient (Wildman–Crippen LogP) is 4.01. The quantitative estimate of drug-likeness (QED) is 0.705.